The summed E-state index contributed by atoms with van der Waals surface area (Å²) in [5.74, 6) is -1.13. The van der Waals surface area contributed by atoms with E-state index in [1.54, 1.807) is 4.90 Å². The molecule has 0 bridgehead atoms. The Morgan fingerprint density at radius 3 is 2.17 bits per heavy atom. The summed E-state index contributed by atoms with van der Waals surface area (Å²) >= 11 is 0. The number of carboxylic acids is 1. The number of nitrogens with one attached hydrogen (secondary N) is 1. The second-order valence-electron chi connectivity index (χ2n) is 8.89. The van der Waals surface area contributed by atoms with E-state index in [-0.39, 0.29) is 43.9 Å². The molecule has 0 saturated carbocycles. The van der Waals surface area contributed by atoms with Crippen LogP contribution in [0.3, 0.4) is 0 Å². The van der Waals surface area contributed by atoms with E-state index >= 15 is 0 Å². The number of ether oxygens (including phenoxy) is 2. The summed E-state index contributed by atoms with van der Waals surface area (Å²) < 4.78 is 10.9. The van der Waals surface area contributed by atoms with E-state index in [1.165, 1.54) is 7.11 Å². The van der Waals surface area contributed by atoms with Gasteiger partial charge in [-0.1, -0.05) is 48.5 Å². The summed E-state index contributed by atoms with van der Waals surface area (Å²) in [6, 6.07) is 16.2. The van der Waals surface area contributed by atoms with Gasteiger partial charge >= 0.3 is 12.1 Å². The Hall–Kier alpha value is -3.39. The molecule has 0 aromatic heterocycles. The van der Waals surface area contributed by atoms with Crippen LogP contribution in [0.15, 0.2) is 48.5 Å². The molecule has 8 heteroatoms. The lowest BCUT2D eigenvalue weighted by atomic mass is 9.98. The molecule has 0 fully saturated rings. The molecule has 1 unspecified atom stereocenters. The number of hydrogen-bond acceptors (Lipinski definition) is 5. The first-order valence-electron chi connectivity index (χ1n) is 12.0. The monoisotopic (exact) mass is 482 g/mol. The first kappa shape index (κ1) is 26.2. The molecule has 1 atom stereocenters. The molecular weight excluding hydrogens is 448 g/mol. The van der Waals surface area contributed by atoms with Crippen LogP contribution in [0, 0.1) is 0 Å². The zero-order valence-corrected chi connectivity index (χ0v) is 20.5. The number of carboxylic acid groups (broad SMARTS) is 1. The van der Waals surface area contributed by atoms with Crippen molar-refractivity contribution in [3.63, 3.8) is 0 Å². The summed E-state index contributed by atoms with van der Waals surface area (Å²) in [4.78, 5) is 37.7. The van der Waals surface area contributed by atoms with Crippen molar-refractivity contribution >= 4 is 18.0 Å². The molecule has 188 valence electrons. The average Bonchev–Trinajstić information content (AvgIpc) is 3.16. The third kappa shape index (κ3) is 6.60. The lowest BCUT2D eigenvalue weighted by Crippen LogP contribution is -2.45. The SMILES string of the molecule is COC(CCNC(=O)OCC1c2ccccc2-c2ccccc21)C(=O)N(CCCC(=O)O)C(C)C. The normalized spacial score (nSPS) is 13.1. The molecule has 0 saturated heterocycles. The smallest absolute Gasteiger partial charge is 0.407 e. The van der Waals surface area contributed by atoms with Crippen LogP contribution in [0.4, 0.5) is 4.79 Å². The summed E-state index contributed by atoms with van der Waals surface area (Å²) in [5, 5.41) is 11.6. The first-order valence-corrected chi connectivity index (χ1v) is 12.0. The van der Waals surface area contributed by atoms with Crippen molar-refractivity contribution in [3.8, 4) is 11.1 Å². The number of carbonyl (C=O) groups excluding carboxylic acids is 2. The minimum Gasteiger partial charge on any atom is -0.481 e. The second kappa shape index (κ2) is 12.4. The third-order valence-electron chi connectivity index (χ3n) is 6.28. The van der Waals surface area contributed by atoms with Crippen LogP contribution in [-0.2, 0) is 19.1 Å². The standard InChI is InChI=1S/C27H34N2O6/c1-18(2)29(16-8-13-25(30)31)26(32)24(34-3)14-15-28-27(33)35-17-23-21-11-6-4-9-19(21)20-10-5-7-12-22(20)23/h4-7,9-12,18,23-24H,8,13-17H2,1-3H3,(H,28,33)(H,30,31). The lowest BCUT2D eigenvalue weighted by Gasteiger charge is -2.30. The Labute approximate surface area is 206 Å². The molecule has 3 rings (SSSR count). The van der Waals surface area contributed by atoms with Gasteiger partial charge in [0, 0.05) is 45.0 Å². The minimum atomic E-state index is -0.892. The minimum absolute atomic E-state index is 0.00249. The Kier molecular flexibility index (Phi) is 9.25. The van der Waals surface area contributed by atoms with Crippen molar-refractivity contribution in [3.05, 3.63) is 59.7 Å². The van der Waals surface area contributed by atoms with Crippen molar-refractivity contribution < 1.29 is 29.0 Å². The molecule has 2 amide bonds. The van der Waals surface area contributed by atoms with Gasteiger partial charge in [0.25, 0.3) is 5.91 Å². The maximum atomic E-state index is 12.9. The highest BCUT2D eigenvalue weighted by Gasteiger charge is 2.29. The van der Waals surface area contributed by atoms with Crippen LogP contribution in [0.1, 0.15) is 50.2 Å². The van der Waals surface area contributed by atoms with Gasteiger partial charge < -0.3 is 24.8 Å². The average molecular weight is 483 g/mol. The van der Waals surface area contributed by atoms with E-state index in [9.17, 15) is 14.4 Å². The molecule has 35 heavy (non-hydrogen) atoms. The summed E-state index contributed by atoms with van der Waals surface area (Å²) in [6.45, 7) is 4.52. The predicted octanol–water partition coefficient (Wildman–Crippen LogP) is 4.03. The fourth-order valence-electron chi connectivity index (χ4n) is 4.51. The number of fused-ring (bicyclic) bond motifs is 3. The van der Waals surface area contributed by atoms with E-state index in [4.69, 9.17) is 14.6 Å². The van der Waals surface area contributed by atoms with Crippen molar-refractivity contribution in [2.24, 2.45) is 0 Å². The van der Waals surface area contributed by atoms with Crippen molar-refractivity contribution in [1.29, 1.82) is 0 Å². The molecule has 8 nitrogen and oxygen atoms in total. The molecule has 2 aromatic carbocycles. The lowest BCUT2D eigenvalue weighted by molar-refractivity contribution is -0.145. The summed E-state index contributed by atoms with van der Waals surface area (Å²) in [5.41, 5.74) is 4.61. The predicted molar refractivity (Wildman–Crippen MR) is 132 cm³/mol. The number of methoxy groups -OCH3 is 1. The van der Waals surface area contributed by atoms with Crippen LogP contribution in [0.5, 0.6) is 0 Å². The maximum Gasteiger partial charge on any atom is 0.407 e. The largest absolute Gasteiger partial charge is 0.481 e. The van der Waals surface area contributed by atoms with Gasteiger partial charge in [0.15, 0.2) is 0 Å². The van der Waals surface area contributed by atoms with Crippen molar-refractivity contribution in [2.75, 3.05) is 26.8 Å². The van der Waals surface area contributed by atoms with Gasteiger partial charge in [-0.3, -0.25) is 9.59 Å². The van der Waals surface area contributed by atoms with Gasteiger partial charge in [-0.05, 0) is 42.5 Å². The summed E-state index contributed by atoms with van der Waals surface area (Å²) in [6.07, 6.45) is -0.639. The Morgan fingerprint density at radius 1 is 1.03 bits per heavy atom. The van der Waals surface area contributed by atoms with E-state index in [0.29, 0.717) is 13.0 Å². The maximum absolute atomic E-state index is 12.9. The van der Waals surface area contributed by atoms with Gasteiger partial charge in [0.05, 0.1) is 0 Å². The molecular formula is C27H34N2O6. The van der Waals surface area contributed by atoms with Crippen LogP contribution in [0.25, 0.3) is 11.1 Å². The highest BCUT2D eigenvalue weighted by molar-refractivity contribution is 5.81. The van der Waals surface area contributed by atoms with Crippen LogP contribution in [0.2, 0.25) is 0 Å². The fourth-order valence-corrected chi connectivity index (χ4v) is 4.51. The Morgan fingerprint density at radius 2 is 1.63 bits per heavy atom. The number of amides is 2. The van der Waals surface area contributed by atoms with E-state index in [1.807, 2.05) is 38.1 Å². The number of alkyl carbamates (subject to hydrolysis) is 1. The highest BCUT2D eigenvalue weighted by atomic mass is 16.5. The molecule has 0 heterocycles. The second-order valence-corrected chi connectivity index (χ2v) is 8.89. The molecule has 0 spiro atoms. The first-order chi connectivity index (χ1) is 16.8. The topological polar surface area (TPSA) is 105 Å². The van der Waals surface area contributed by atoms with Gasteiger partial charge in [-0.2, -0.15) is 0 Å². The fraction of sp³-hybridized carbons (Fsp3) is 0.444. The number of hydrogen-bond donors (Lipinski definition) is 2. The number of rotatable bonds is 12. The van der Waals surface area contributed by atoms with E-state index < -0.39 is 18.2 Å². The summed E-state index contributed by atoms with van der Waals surface area (Å²) in [7, 11) is 1.45. The molecule has 0 aliphatic heterocycles. The third-order valence-corrected chi connectivity index (χ3v) is 6.28. The van der Waals surface area contributed by atoms with Crippen molar-refractivity contribution in [2.45, 2.75) is 51.2 Å². The molecule has 1 aliphatic carbocycles. The van der Waals surface area contributed by atoms with Crippen molar-refractivity contribution in [1.82, 2.24) is 10.2 Å². The van der Waals surface area contributed by atoms with Gasteiger partial charge in [0.1, 0.15) is 12.7 Å². The molecule has 0 radical (unpaired) electrons. The Bertz CT molecular complexity index is 992. The number of benzene rings is 2. The molecule has 1 aliphatic rings. The number of carbonyl (C=O) groups is 3. The van der Waals surface area contributed by atoms with Crippen LogP contribution >= 0.6 is 0 Å². The number of aliphatic carboxylic acids is 1. The van der Waals surface area contributed by atoms with Gasteiger partial charge in [-0.25, -0.2) is 4.79 Å². The van der Waals surface area contributed by atoms with Gasteiger partial charge in [0.2, 0.25) is 0 Å². The Balaban J connectivity index is 1.50. The van der Waals surface area contributed by atoms with E-state index in [2.05, 4.69) is 29.6 Å². The van der Waals surface area contributed by atoms with E-state index in [0.717, 1.165) is 22.3 Å². The van der Waals surface area contributed by atoms with Gasteiger partial charge in [-0.15, -0.1) is 0 Å². The quantitative estimate of drug-likeness (QED) is 0.473. The zero-order chi connectivity index (χ0) is 25.4. The van der Waals surface area contributed by atoms with Crippen LogP contribution in [-0.4, -0.2) is 66.9 Å². The molecule has 2 N–H and O–H groups in total. The number of nitrogens with zero attached hydrogens (tertiary/aromatic N) is 1. The van der Waals surface area contributed by atoms with Crippen LogP contribution < -0.4 is 5.32 Å². The zero-order valence-electron chi connectivity index (χ0n) is 20.5. The highest BCUT2D eigenvalue weighted by Crippen LogP contribution is 2.44. The molecule has 2 aromatic rings.